The molecule has 1 aromatic rings. The number of hydrogen-bond acceptors (Lipinski definition) is 4. The Balaban J connectivity index is 2.53. The van der Waals surface area contributed by atoms with Gasteiger partial charge in [-0.15, -0.1) is 0 Å². The van der Waals surface area contributed by atoms with E-state index in [4.69, 9.17) is 10.00 Å². The van der Waals surface area contributed by atoms with Gasteiger partial charge in [0.1, 0.15) is 5.75 Å². The van der Waals surface area contributed by atoms with E-state index in [0.717, 1.165) is 30.8 Å². The Morgan fingerprint density at radius 2 is 2.29 bits per heavy atom. The Morgan fingerprint density at radius 1 is 1.47 bits per heavy atom. The Hall–Kier alpha value is -1.18. The van der Waals surface area contributed by atoms with Crippen LogP contribution in [0.25, 0.3) is 0 Å². The van der Waals surface area contributed by atoms with E-state index in [-0.39, 0.29) is 0 Å². The van der Waals surface area contributed by atoms with E-state index in [0.29, 0.717) is 5.56 Å². The zero-order valence-corrected chi connectivity index (χ0v) is 11.1. The van der Waals surface area contributed by atoms with Crippen LogP contribution in [0.15, 0.2) is 18.2 Å². The third kappa shape index (κ3) is 4.68. The van der Waals surface area contributed by atoms with Crippen LogP contribution in [0, 0.1) is 11.3 Å². The minimum Gasteiger partial charge on any atom is -0.496 e. The first-order valence-electron chi connectivity index (χ1n) is 5.58. The van der Waals surface area contributed by atoms with Gasteiger partial charge < -0.3 is 10.1 Å². The van der Waals surface area contributed by atoms with E-state index in [1.54, 1.807) is 13.2 Å². The number of nitrogens with one attached hydrogen (secondary N) is 1. The van der Waals surface area contributed by atoms with E-state index in [1.807, 2.05) is 23.9 Å². The summed E-state index contributed by atoms with van der Waals surface area (Å²) in [5.41, 5.74) is 1.71. The molecule has 0 heterocycles. The summed E-state index contributed by atoms with van der Waals surface area (Å²) in [6, 6.07) is 7.64. The van der Waals surface area contributed by atoms with Crippen molar-refractivity contribution in [2.75, 3.05) is 25.7 Å². The van der Waals surface area contributed by atoms with Crippen LogP contribution >= 0.6 is 11.8 Å². The van der Waals surface area contributed by atoms with Gasteiger partial charge in [0.05, 0.1) is 18.7 Å². The molecule has 0 aliphatic rings. The number of rotatable bonds is 7. The number of ether oxygens (including phenoxy) is 1. The molecule has 1 rings (SSSR count). The summed E-state index contributed by atoms with van der Waals surface area (Å²) in [6.45, 7) is 1.73. The molecule has 1 N–H and O–H groups in total. The Bertz CT molecular complexity index is 387. The van der Waals surface area contributed by atoms with Crippen molar-refractivity contribution in [2.45, 2.75) is 13.0 Å². The van der Waals surface area contributed by atoms with Crippen LogP contribution in [0.4, 0.5) is 0 Å². The Labute approximate surface area is 107 Å². The molecule has 0 bridgehead atoms. The van der Waals surface area contributed by atoms with Crippen molar-refractivity contribution in [3.05, 3.63) is 29.3 Å². The Kier molecular flexibility index (Phi) is 6.53. The van der Waals surface area contributed by atoms with Crippen LogP contribution in [0.3, 0.4) is 0 Å². The highest BCUT2D eigenvalue weighted by Crippen LogP contribution is 2.19. The SMILES string of the molecule is COc1ccc(C#N)cc1CNCCCSC. The normalized spacial score (nSPS) is 9.94. The van der Waals surface area contributed by atoms with Crippen LogP contribution in [0.5, 0.6) is 5.75 Å². The third-order valence-electron chi connectivity index (χ3n) is 2.43. The van der Waals surface area contributed by atoms with Crippen molar-refractivity contribution in [1.29, 1.82) is 5.26 Å². The van der Waals surface area contributed by atoms with Gasteiger partial charge in [0, 0.05) is 12.1 Å². The summed E-state index contributed by atoms with van der Waals surface area (Å²) in [5.74, 6) is 2.00. The van der Waals surface area contributed by atoms with Crippen molar-refractivity contribution in [3.63, 3.8) is 0 Å². The molecular formula is C13H18N2OS. The second-order valence-electron chi connectivity index (χ2n) is 3.66. The fourth-order valence-electron chi connectivity index (χ4n) is 1.55. The van der Waals surface area contributed by atoms with E-state index >= 15 is 0 Å². The van der Waals surface area contributed by atoms with E-state index in [9.17, 15) is 0 Å². The van der Waals surface area contributed by atoms with Crippen LogP contribution in [0.2, 0.25) is 0 Å². The fourth-order valence-corrected chi connectivity index (χ4v) is 1.98. The Morgan fingerprint density at radius 3 is 2.94 bits per heavy atom. The number of methoxy groups -OCH3 is 1. The lowest BCUT2D eigenvalue weighted by Gasteiger charge is -2.09. The largest absolute Gasteiger partial charge is 0.496 e. The molecule has 0 spiro atoms. The minimum absolute atomic E-state index is 0.673. The lowest BCUT2D eigenvalue weighted by molar-refractivity contribution is 0.407. The molecule has 0 saturated heterocycles. The van der Waals surface area contributed by atoms with Crippen molar-refractivity contribution < 1.29 is 4.74 Å². The standard InChI is InChI=1S/C13H18N2OS/c1-16-13-5-4-11(9-14)8-12(13)10-15-6-3-7-17-2/h4-5,8,15H,3,6-7,10H2,1-2H3. The predicted octanol–water partition coefficient (Wildman–Crippen LogP) is 2.41. The van der Waals surface area contributed by atoms with Crippen LogP contribution in [-0.2, 0) is 6.54 Å². The summed E-state index contributed by atoms with van der Waals surface area (Å²) >= 11 is 1.85. The van der Waals surface area contributed by atoms with Gasteiger partial charge in [0.25, 0.3) is 0 Å². The van der Waals surface area contributed by atoms with Gasteiger partial charge in [-0.2, -0.15) is 17.0 Å². The van der Waals surface area contributed by atoms with Crippen molar-refractivity contribution >= 4 is 11.8 Å². The number of hydrogen-bond donors (Lipinski definition) is 1. The molecule has 4 heteroatoms. The fraction of sp³-hybridized carbons (Fsp3) is 0.462. The molecule has 0 amide bonds. The van der Waals surface area contributed by atoms with E-state index in [1.165, 1.54) is 5.75 Å². The molecule has 0 fully saturated rings. The molecule has 17 heavy (non-hydrogen) atoms. The maximum absolute atomic E-state index is 8.85. The zero-order valence-electron chi connectivity index (χ0n) is 10.3. The minimum atomic E-state index is 0.673. The number of nitrogens with zero attached hydrogens (tertiary/aromatic N) is 1. The highest BCUT2D eigenvalue weighted by Gasteiger charge is 2.03. The average molecular weight is 250 g/mol. The first-order valence-corrected chi connectivity index (χ1v) is 6.98. The molecule has 3 nitrogen and oxygen atoms in total. The zero-order chi connectivity index (χ0) is 12.5. The average Bonchev–Trinajstić information content (AvgIpc) is 2.38. The molecule has 0 aromatic heterocycles. The second kappa shape index (κ2) is 7.99. The number of nitriles is 1. The van der Waals surface area contributed by atoms with Gasteiger partial charge in [-0.05, 0) is 43.2 Å². The molecule has 1 aromatic carbocycles. The highest BCUT2D eigenvalue weighted by molar-refractivity contribution is 7.98. The second-order valence-corrected chi connectivity index (χ2v) is 4.65. The quantitative estimate of drug-likeness (QED) is 0.755. The first-order chi connectivity index (χ1) is 8.31. The van der Waals surface area contributed by atoms with Crippen molar-refractivity contribution in [3.8, 4) is 11.8 Å². The summed E-state index contributed by atoms with van der Waals surface area (Å²) in [4.78, 5) is 0. The molecule has 0 atom stereocenters. The van der Waals surface area contributed by atoms with Gasteiger partial charge in [0.2, 0.25) is 0 Å². The van der Waals surface area contributed by atoms with E-state index < -0.39 is 0 Å². The van der Waals surface area contributed by atoms with E-state index in [2.05, 4.69) is 17.6 Å². The highest BCUT2D eigenvalue weighted by atomic mass is 32.2. The van der Waals surface area contributed by atoms with Gasteiger partial charge >= 0.3 is 0 Å². The van der Waals surface area contributed by atoms with Gasteiger partial charge in [0.15, 0.2) is 0 Å². The maximum atomic E-state index is 8.85. The lowest BCUT2D eigenvalue weighted by atomic mass is 10.1. The molecule has 0 aliphatic heterocycles. The molecular weight excluding hydrogens is 232 g/mol. The third-order valence-corrected chi connectivity index (χ3v) is 3.12. The van der Waals surface area contributed by atoms with Gasteiger partial charge in [-0.3, -0.25) is 0 Å². The van der Waals surface area contributed by atoms with Crippen LogP contribution in [0.1, 0.15) is 17.5 Å². The summed E-state index contributed by atoms with van der Waals surface area (Å²) in [5, 5.41) is 12.2. The molecule has 0 saturated carbocycles. The summed E-state index contributed by atoms with van der Waals surface area (Å²) in [6.07, 6.45) is 3.26. The first kappa shape index (κ1) is 13.9. The lowest BCUT2D eigenvalue weighted by Crippen LogP contribution is -2.16. The predicted molar refractivity (Wildman–Crippen MR) is 72.4 cm³/mol. The maximum Gasteiger partial charge on any atom is 0.123 e. The van der Waals surface area contributed by atoms with Gasteiger partial charge in [-0.1, -0.05) is 0 Å². The molecule has 0 unspecified atom stereocenters. The number of thioether (sulfide) groups is 1. The number of benzene rings is 1. The van der Waals surface area contributed by atoms with Crippen molar-refractivity contribution in [1.82, 2.24) is 5.32 Å². The van der Waals surface area contributed by atoms with Crippen molar-refractivity contribution in [2.24, 2.45) is 0 Å². The van der Waals surface area contributed by atoms with Crippen LogP contribution in [-0.4, -0.2) is 25.7 Å². The van der Waals surface area contributed by atoms with Crippen LogP contribution < -0.4 is 10.1 Å². The topological polar surface area (TPSA) is 45.0 Å². The summed E-state index contributed by atoms with van der Waals surface area (Å²) < 4.78 is 5.27. The summed E-state index contributed by atoms with van der Waals surface area (Å²) in [7, 11) is 1.65. The molecule has 92 valence electrons. The van der Waals surface area contributed by atoms with Gasteiger partial charge in [-0.25, -0.2) is 0 Å². The smallest absolute Gasteiger partial charge is 0.123 e. The molecule has 0 aliphatic carbocycles. The monoisotopic (exact) mass is 250 g/mol. The molecule has 0 radical (unpaired) electrons.